The average Bonchev–Trinajstić information content (AvgIpc) is 3.26. The van der Waals surface area contributed by atoms with Crippen LogP contribution in [-0.2, 0) is 0 Å². The minimum Gasteiger partial charge on any atom is -0.490 e. The zero-order valence-corrected chi connectivity index (χ0v) is 13.9. The van der Waals surface area contributed by atoms with Gasteiger partial charge in [0.2, 0.25) is 0 Å². The summed E-state index contributed by atoms with van der Waals surface area (Å²) in [4.78, 5) is 0. The van der Waals surface area contributed by atoms with E-state index in [0.29, 0.717) is 6.10 Å². The molecule has 1 aliphatic rings. The van der Waals surface area contributed by atoms with Crippen LogP contribution in [0.4, 0.5) is 4.39 Å². The third kappa shape index (κ3) is 3.55. The van der Waals surface area contributed by atoms with Gasteiger partial charge in [0.1, 0.15) is 11.6 Å². The molecule has 1 saturated carbocycles. The van der Waals surface area contributed by atoms with E-state index in [0.717, 1.165) is 33.3 Å². The lowest BCUT2D eigenvalue weighted by molar-refractivity contribution is 0.302. The van der Waals surface area contributed by atoms with Crippen molar-refractivity contribution in [2.45, 2.75) is 25.0 Å². The van der Waals surface area contributed by atoms with Crippen LogP contribution in [-0.4, -0.2) is 13.2 Å². The normalized spacial score (nSPS) is 15.8. The first-order valence-electron chi connectivity index (χ1n) is 7.06. The fourth-order valence-electron chi connectivity index (χ4n) is 2.38. The van der Waals surface area contributed by atoms with Crippen LogP contribution in [0.1, 0.15) is 30.0 Å². The van der Waals surface area contributed by atoms with Crippen LogP contribution in [0.2, 0.25) is 0 Å². The number of benzene rings is 2. The highest BCUT2D eigenvalue weighted by Gasteiger charge is 2.24. The summed E-state index contributed by atoms with van der Waals surface area (Å²) >= 11 is 2.18. The van der Waals surface area contributed by atoms with Crippen molar-refractivity contribution in [1.29, 1.82) is 0 Å². The van der Waals surface area contributed by atoms with Crippen molar-refractivity contribution in [2.24, 2.45) is 0 Å². The molecule has 4 heteroatoms. The van der Waals surface area contributed by atoms with Crippen molar-refractivity contribution >= 4 is 22.6 Å². The summed E-state index contributed by atoms with van der Waals surface area (Å²) in [6.45, 7) is 0. The molecule has 0 aliphatic heterocycles. The lowest BCUT2D eigenvalue weighted by Gasteiger charge is -2.19. The number of rotatable bonds is 5. The smallest absolute Gasteiger partial charge is 0.124 e. The summed E-state index contributed by atoms with van der Waals surface area (Å²) in [6, 6.07) is 13.1. The second-order valence-electron chi connectivity index (χ2n) is 5.28. The van der Waals surface area contributed by atoms with Crippen LogP contribution >= 0.6 is 22.6 Å². The van der Waals surface area contributed by atoms with Crippen molar-refractivity contribution in [3.8, 4) is 5.75 Å². The summed E-state index contributed by atoms with van der Waals surface area (Å²) in [6.07, 6.45) is 2.68. The molecule has 1 N–H and O–H groups in total. The molecule has 0 spiro atoms. The molecule has 3 rings (SSSR count). The molecule has 0 saturated heterocycles. The number of ether oxygens (including phenoxy) is 1. The van der Waals surface area contributed by atoms with Gasteiger partial charge in [-0.3, -0.25) is 0 Å². The van der Waals surface area contributed by atoms with Gasteiger partial charge >= 0.3 is 0 Å². The molecule has 1 unspecified atom stereocenters. The van der Waals surface area contributed by atoms with Crippen LogP contribution in [0, 0.1) is 9.39 Å². The van der Waals surface area contributed by atoms with Gasteiger partial charge in [0.05, 0.1) is 12.1 Å². The van der Waals surface area contributed by atoms with Crippen molar-refractivity contribution in [3.05, 3.63) is 63.0 Å². The van der Waals surface area contributed by atoms with Crippen LogP contribution in [0.3, 0.4) is 0 Å². The summed E-state index contributed by atoms with van der Waals surface area (Å²) in [7, 11) is 1.92. The zero-order valence-electron chi connectivity index (χ0n) is 11.8. The Kier molecular flexibility index (Phi) is 4.45. The van der Waals surface area contributed by atoms with E-state index >= 15 is 0 Å². The molecule has 0 amide bonds. The van der Waals surface area contributed by atoms with Crippen molar-refractivity contribution < 1.29 is 9.13 Å². The van der Waals surface area contributed by atoms with Gasteiger partial charge in [-0.05, 0) is 77.9 Å². The molecule has 2 aromatic carbocycles. The summed E-state index contributed by atoms with van der Waals surface area (Å²) in [5, 5.41) is 3.31. The number of nitrogens with one attached hydrogen (secondary N) is 1. The zero-order chi connectivity index (χ0) is 14.8. The van der Waals surface area contributed by atoms with Gasteiger partial charge in [0.15, 0.2) is 0 Å². The van der Waals surface area contributed by atoms with E-state index in [9.17, 15) is 4.39 Å². The molecule has 0 radical (unpaired) electrons. The molecule has 0 heterocycles. The highest BCUT2D eigenvalue weighted by Crippen LogP contribution is 2.31. The maximum atomic E-state index is 13.3. The van der Waals surface area contributed by atoms with E-state index in [1.807, 2.05) is 25.2 Å². The molecule has 2 aromatic rings. The van der Waals surface area contributed by atoms with Crippen LogP contribution < -0.4 is 10.1 Å². The van der Waals surface area contributed by atoms with Crippen molar-refractivity contribution in [1.82, 2.24) is 5.32 Å². The van der Waals surface area contributed by atoms with Crippen molar-refractivity contribution in [2.75, 3.05) is 7.05 Å². The SMILES string of the molecule is CNC(c1cccc(OC2CC2)c1)c1ccc(F)cc1I. The largest absolute Gasteiger partial charge is 0.490 e. The second kappa shape index (κ2) is 6.32. The lowest BCUT2D eigenvalue weighted by Crippen LogP contribution is -2.19. The highest BCUT2D eigenvalue weighted by atomic mass is 127. The predicted octanol–water partition coefficient (Wildman–Crippen LogP) is 4.28. The van der Waals surface area contributed by atoms with Gasteiger partial charge in [-0.15, -0.1) is 0 Å². The van der Waals surface area contributed by atoms with E-state index in [4.69, 9.17) is 4.74 Å². The molecule has 1 fully saturated rings. The van der Waals surface area contributed by atoms with Crippen LogP contribution in [0.15, 0.2) is 42.5 Å². The van der Waals surface area contributed by atoms with E-state index < -0.39 is 0 Å². The van der Waals surface area contributed by atoms with Crippen molar-refractivity contribution in [3.63, 3.8) is 0 Å². The third-order valence-corrected chi connectivity index (χ3v) is 4.51. The van der Waals surface area contributed by atoms with Crippen LogP contribution in [0.5, 0.6) is 5.75 Å². The van der Waals surface area contributed by atoms with E-state index in [-0.39, 0.29) is 11.9 Å². The summed E-state index contributed by atoms with van der Waals surface area (Å²) < 4.78 is 20.1. The van der Waals surface area contributed by atoms with Gasteiger partial charge in [-0.25, -0.2) is 4.39 Å². The minimum atomic E-state index is -0.205. The Morgan fingerprint density at radius 2 is 2.05 bits per heavy atom. The fraction of sp³-hybridized carbons (Fsp3) is 0.294. The van der Waals surface area contributed by atoms with Crippen LogP contribution in [0.25, 0.3) is 0 Å². The molecule has 0 aromatic heterocycles. The summed E-state index contributed by atoms with van der Waals surface area (Å²) in [5.41, 5.74) is 2.20. The summed E-state index contributed by atoms with van der Waals surface area (Å²) in [5.74, 6) is 0.705. The first kappa shape index (κ1) is 14.8. The number of halogens is 2. The Labute approximate surface area is 137 Å². The first-order chi connectivity index (χ1) is 10.2. The van der Waals surface area contributed by atoms with Gasteiger partial charge in [0, 0.05) is 3.57 Å². The molecule has 21 heavy (non-hydrogen) atoms. The molecule has 1 aliphatic carbocycles. The maximum absolute atomic E-state index is 13.3. The monoisotopic (exact) mass is 397 g/mol. The number of hydrogen-bond donors (Lipinski definition) is 1. The first-order valence-corrected chi connectivity index (χ1v) is 8.14. The molecular formula is C17H17FINO. The molecule has 110 valence electrons. The average molecular weight is 397 g/mol. The Bertz CT molecular complexity index is 642. The predicted molar refractivity (Wildman–Crippen MR) is 90.1 cm³/mol. The quantitative estimate of drug-likeness (QED) is 0.761. The fourth-order valence-corrected chi connectivity index (χ4v) is 3.17. The van der Waals surface area contributed by atoms with Gasteiger partial charge in [-0.2, -0.15) is 0 Å². The van der Waals surface area contributed by atoms with E-state index in [1.54, 1.807) is 6.07 Å². The minimum absolute atomic E-state index is 0.0280. The Balaban J connectivity index is 1.91. The van der Waals surface area contributed by atoms with Gasteiger partial charge < -0.3 is 10.1 Å². The molecule has 0 bridgehead atoms. The maximum Gasteiger partial charge on any atom is 0.124 e. The topological polar surface area (TPSA) is 21.3 Å². The van der Waals surface area contributed by atoms with Gasteiger partial charge in [-0.1, -0.05) is 18.2 Å². The molecular weight excluding hydrogens is 380 g/mol. The van der Waals surface area contributed by atoms with Gasteiger partial charge in [0.25, 0.3) is 0 Å². The Morgan fingerprint density at radius 3 is 2.71 bits per heavy atom. The van der Waals surface area contributed by atoms with E-state index in [2.05, 4.69) is 40.0 Å². The number of hydrogen-bond acceptors (Lipinski definition) is 2. The Morgan fingerprint density at radius 1 is 1.24 bits per heavy atom. The third-order valence-electron chi connectivity index (χ3n) is 3.58. The highest BCUT2D eigenvalue weighted by molar-refractivity contribution is 14.1. The van der Waals surface area contributed by atoms with E-state index in [1.165, 1.54) is 6.07 Å². The second-order valence-corrected chi connectivity index (χ2v) is 6.44. The molecule has 1 atom stereocenters. The Hall–Kier alpha value is -1.14. The lowest BCUT2D eigenvalue weighted by atomic mass is 9.98. The standard InChI is InChI=1S/C17H17FINO/c1-20-17(15-8-5-12(18)10-16(15)19)11-3-2-4-14(9-11)21-13-6-7-13/h2-5,8-10,13,17,20H,6-7H2,1H3. The molecule has 2 nitrogen and oxygen atoms in total.